The highest BCUT2D eigenvalue weighted by atomic mass is 14.9. The second kappa shape index (κ2) is 4.84. The van der Waals surface area contributed by atoms with Gasteiger partial charge in [0, 0.05) is 6.04 Å². The molecule has 1 aromatic rings. The Kier molecular flexibility index (Phi) is 3.74. The van der Waals surface area contributed by atoms with E-state index in [1.807, 2.05) is 25.1 Å². The molecule has 1 atom stereocenters. The molecular weight excluding hydrogens is 184 g/mol. The van der Waals surface area contributed by atoms with E-state index < -0.39 is 0 Å². The molecule has 1 aromatic carbocycles. The van der Waals surface area contributed by atoms with Crippen molar-refractivity contribution in [3.05, 3.63) is 29.3 Å². The highest BCUT2D eigenvalue weighted by Crippen LogP contribution is 2.19. The van der Waals surface area contributed by atoms with Crippen molar-refractivity contribution in [1.29, 1.82) is 5.26 Å². The van der Waals surface area contributed by atoms with Gasteiger partial charge in [0.25, 0.3) is 0 Å². The smallest absolute Gasteiger partial charge is 0.101 e. The Labute approximate surface area is 91.9 Å². The van der Waals surface area contributed by atoms with Crippen molar-refractivity contribution >= 4 is 5.69 Å². The van der Waals surface area contributed by atoms with Crippen LogP contribution < -0.4 is 5.32 Å². The summed E-state index contributed by atoms with van der Waals surface area (Å²) in [5, 5.41) is 12.3. The minimum absolute atomic E-state index is 0.374. The average molecular weight is 202 g/mol. The van der Waals surface area contributed by atoms with E-state index in [4.69, 9.17) is 5.26 Å². The van der Waals surface area contributed by atoms with Crippen LogP contribution in [-0.2, 0) is 0 Å². The molecule has 0 amide bonds. The number of rotatable bonds is 3. The van der Waals surface area contributed by atoms with Crippen molar-refractivity contribution in [2.75, 3.05) is 5.32 Å². The molecule has 2 nitrogen and oxygen atoms in total. The number of nitrogens with one attached hydrogen (secondary N) is 1. The van der Waals surface area contributed by atoms with Crippen LogP contribution in [0.5, 0.6) is 0 Å². The monoisotopic (exact) mass is 202 g/mol. The first kappa shape index (κ1) is 11.6. The Morgan fingerprint density at radius 1 is 1.27 bits per heavy atom. The van der Waals surface area contributed by atoms with Gasteiger partial charge >= 0.3 is 0 Å². The van der Waals surface area contributed by atoms with E-state index in [2.05, 4.69) is 32.2 Å². The molecule has 0 saturated carbocycles. The first-order valence-corrected chi connectivity index (χ1v) is 5.32. The number of hydrogen-bond donors (Lipinski definition) is 1. The van der Waals surface area contributed by atoms with E-state index in [-0.39, 0.29) is 0 Å². The van der Waals surface area contributed by atoms with Gasteiger partial charge in [0.05, 0.1) is 11.3 Å². The number of aryl methyl sites for hydroxylation is 1. The standard InChI is InChI=1S/C13H18N2/c1-9(2)11(4)15-13-7-10(3)5-6-12(13)8-14/h5-7,9,11,15H,1-4H3. The number of nitriles is 1. The van der Waals surface area contributed by atoms with Crippen LogP contribution in [0.15, 0.2) is 18.2 Å². The molecule has 0 fully saturated rings. The Morgan fingerprint density at radius 3 is 2.47 bits per heavy atom. The highest BCUT2D eigenvalue weighted by Gasteiger charge is 2.09. The molecule has 2 heteroatoms. The quantitative estimate of drug-likeness (QED) is 0.816. The minimum atomic E-state index is 0.374. The Balaban J connectivity index is 2.93. The van der Waals surface area contributed by atoms with Crippen LogP contribution in [0.2, 0.25) is 0 Å². The molecule has 15 heavy (non-hydrogen) atoms. The second-order valence-corrected chi connectivity index (χ2v) is 4.34. The number of anilines is 1. The normalized spacial score (nSPS) is 12.3. The van der Waals surface area contributed by atoms with Gasteiger partial charge in [0.1, 0.15) is 6.07 Å². The van der Waals surface area contributed by atoms with E-state index >= 15 is 0 Å². The molecule has 0 saturated heterocycles. The minimum Gasteiger partial charge on any atom is -0.381 e. The maximum absolute atomic E-state index is 8.97. The molecule has 0 bridgehead atoms. The topological polar surface area (TPSA) is 35.8 Å². The maximum atomic E-state index is 8.97. The summed E-state index contributed by atoms with van der Waals surface area (Å²) >= 11 is 0. The summed E-state index contributed by atoms with van der Waals surface area (Å²) in [4.78, 5) is 0. The van der Waals surface area contributed by atoms with Gasteiger partial charge in [0.2, 0.25) is 0 Å². The van der Waals surface area contributed by atoms with Crippen molar-refractivity contribution in [2.24, 2.45) is 5.92 Å². The molecule has 1 rings (SSSR count). The Morgan fingerprint density at radius 2 is 1.93 bits per heavy atom. The van der Waals surface area contributed by atoms with Gasteiger partial charge in [-0.05, 0) is 37.5 Å². The summed E-state index contributed by atoms with van der Waals surface area (Å²) < 4.78 is 0. The van der Waals surface area contributed by atoms with Gasteiger partial charge in [-0.15, -0.1) is 0 Å². The van der Waals surface area contributed by atoms with Gasteiger partial charge in [-0.3, -0.25) is 0 Å². The van der Waals surface area contributed by atoms with E-state index in [0.717, 1.165) is 5.69 Å². The summed E-state index contributed by atoms with van der Waals surface area (Å²) in [6, 6.07) is 8.43. The van der Waals surface area contributed by atoms with E-state index in [1.165, 1.54) is 5.56 Å². The summed E-state index contributed by atoms with van der Waals surface area (Å²) in [6.45, 7) is 8.50. The first-order chi connectivity index (χ1) is 7.04. The molecule has 80 valence electrons. The van der Waals surface area contributed by atoms with Crippen molar-refractivity contribution in [3.63, 3.8) is 0 Å². The van der Waals surface area contributed by atoms with Gasteiger partial charge < -0.3 is 5.32 Å². The number of benzene rings is 1. The van der Waals surface area contributed by atoms with Crippen molar-refractivity contribution in [1.82, 2.24) is 0 Å². The van der Waals surface area contributed by atoms with Gasteiger partial charge in [-0.25, -0.2) is 0 Å². The van der Waals surface area contributed by atoms with Crippen LogP contribution >= 0.6 is 0 Å². The molecule has 0 aliphatic heterocycles. The maximum Gasteiger partial charge on any atom is 0.101 e. The molecule has 0 aliphatic rings. The summed E-state index contributed by atoms with van der Waals surface area (Å²) in [5.74, 6) is 0.553. The molecule has 0 aliphatic carbocycles. The third-order valence-electron chi connectivity index (χ3n) is 2.68. The average Bonchev–Trinajstić information content (AvgIpc) is 2.18. The summed E-state index contributed by atoms with van der Waals surface area (Å²) in [7, 11) is 0. The third kappa shape index (κ3) is 2.99. The lowest BCUT2D eigenvalue weighted by Crippen LogP contribution is -2.22. The Hall–Kier alpha value is -1.49. The largest absolute Gasteiger partial charge is 0.381 e. The number of nitrogens with zero attached hydrogens (tertiary/aromatic N) is 1. The second-order valence-electron chi connectivity index (χ2n) is 4.34. The predicted molar refractivity (Wildman–Crippen MR) is 63.8 cm³/mol. The summed E-state index contributed by atoms with van der Waals surface area (Å²) in [6.07, 6.45) is 0. The zero-order valence-electron chi connectivity index (χ0n) is 9.83. The van der Waals surface area contributed by atoms with E-state index in [0.29, 0.717) is 17.5 Å². The summed E-state index contributed by atoms with van der Waals surface area (Å²) in [5.41, 5.74) is 2.83. The SMILES string of the molecule is Cc1ccc(C#N)c(NC(C)C(C)C)c1. The first-order valence-electron chi connectivity index (χ1n) is 5.32. The third-order valence-corrected chi connectivity index (χ3v) is 2.68. The lowest BCUT2D eigenvalue weighted by Gasteiger charge is -2.19. The van der Waals surface area contributed by atoms with Gasteiger partial charge in [0.15, 0.2) is 0 Å². The van der Waals surface area contributed by atoms with Crippen LogP contribution in [0.25, 0.3) is 0 Å². The predicted octanol–water partition coefficient (Wildman–Crippen LogP) is 3.32. The fourth-order valence-electron chi connectivity index (χ4n) is 1.29. The molecule has 1 N–H and O–H groups in total. The molecule has 1 unspecified atom stereocenters. The zero-order chi connectivity index (χ0) is 11.4. The molecule has 0 aromatic heterocycles. The zero-order valence-corrected chi connectivity index (χ0v) is 9.83. The molecule has 0 radical (unpaired) electrons. The lowest BCUT2D eigenvalue weighted by atomic mass is 10.0. The van der Waals surface area contributed by atoms with Crippen LogP contribution in [0.1, 0.15) is 31.9 Å². The van der Waals surface area contributed by atoms with Gasteiger partial charge in [-0.2, -0.15) is 5.26 Å². The van der Waals surface area contributed by atoms with Gasteiger partial charge in [-0.1, -0.05) is 19.9 Å². The highest BCUT2D eigenvalue weighted by molar-refractivity contribution is 5.59. The van der Waals surface area contributed by atoms with Crippen molar-refractivity contribution in [2.45, 2.75) is 33.7 Å². The molecule has 0 heterocycles. The van der Waals surface area contributed by atoms with Crippen LogP contribution in [-0.4, -0.2) is 6.04 Å². The lowest BCUT2D eigenvalue weighted by molar-refractivity contribution is 0.560. The number of hydrogen-bond acceptors (Lipinski definition) is 2. The van der Waals surface area contributed by atoms with Crippen LogP contribution in [0.3, 0.4) is 0 Å². The van der Waals surface area contributed by atoms with Crippen molar-refractivity contribution < 1.29 is 0 Å². The molecule has 0 spiro atoms. The fourth-order valence-corrected chi connectivity index (χ4v) is 1.29. The molecular formula is C13H18N2. The van der Waals surface area contributed by atoms with E-state index in [9.17, 15) is 0 Å². The van der Waals surface area contributed by atoms with Crippen LogP contribution in [0, 0.1) is 24.2 Å². The Bertz CT molecular complexity index is 375. The van der Waals surface area contributed by atoms with Crippen molar-refractivity contribution in [3.8, 4) is 6.07 Å². The van der Waals surface area contributed by atoms with Crippen LogP contribution in [0.4, 0.5) is 5.69 Å². The fraction of sp³-hybridized carbons (Fsp3) is 0.462. The van der Waals surface area contributed by atoms with E-state index in [1.54, 1.807) is 0 Å².